The zero-order valence-electron chi connectivity index (χ0n) is 10.9. The van der Waals surface area contributed by atoms with Gasteiger partial charge >= 0.3 is 0 Å². The lowest BCUT2D eigenvalue weighted by molar-refractivity contribution is -0.121. The molecule has 1 aliphatic carbocycles. The van der Waals surface area contributed by atoms with Gasteiger partial charge in [0.25, 0.3) is 0 Å². The second-order valence-corrected chi connectivity index (χ2v) is 5.98. The predicted octanol–water partition coefficient (Wildman–Crippen LogP) is 4.37. The van der Waals surface area contributed by atoms with Crippen LogP contribution < -0.4 is 5.32 Å². The number of amides is 1. The van der Waals surface area contributed by atoms with Crippen LogP contribution in [0.15, 0.2) is 18.2 Å². The largest absolute Gasteiger partial charge is 0.353 e. The van der Waals surface area contributed by atoms with E-state index in [0.717, 1.165) is 18.4 Å². The van der Waals surface area contributed by atoms with Crippen LogP contribution in [-0.2, 0) is 11.2 Å². The summed E-state index contributed by atoms with van der Waals surface area (Å²) >= 11 is 11.9. The molecule has 0 heterocycles. The Morgan fingerprint density at radius 1 is 1.21 bits per heavy atom. The Morgan fingerprint density at radius 2 is 1.95 bits per heavy atom. The van der Waals surface area contributed by atoms with Crippen molar-refractivity contribution >= 4 is 29.1 Å². The minimum atomic E-state index is 0.123. The predicted molar refractivity (Wildman–Crippen MR) is 79.8 cm³/mol. The lowest BCUT2D eigenvalue weighted by Crippen LogP contribution is -2.36. The standard InChI is InChI=1S/C15H19Cl2NO/c16-12-8-6-11(14(17)10-12)7-9-15(19)18-13-4-2-1-3-5-13/h6,8,10,13H,1-5,7,9H2,(H,18,19). The molecule has 0 radical (unpaired) electrons. The zero-order chi connectivity index (χ0) is 13.7. The van der Waals surface area contributed by atoms with E-state index in [0.29, 0.717) is 28.9 Å². The van der Waals surface area contributed by atoms with E-state index < -0.39 is 0 Å². The molecule has 0 atom stereocenters. The van der Waals surface area contributed by atoms with Crippen LogP contribution in [0.1, 0.15) is 44.1 Å². The molecule has 1 aliphatic rings. The molecule has 19 heavy (non-hydrogen) atoms. The lowest BCUT2D eigenvalue weighted by atomic mass is 9.95. The Labute approximate surface area is 124 Å². The fourth-order valence-electron chi connectivity index (χ4n) is 2.52. The Balaban J connectivity index is 1.79. The second kappa shape index (κ2) is 7.16. The topological polar surface area (TPSA) is 29.1 Å². The molecule has 0 aromatic heterocycles. The number of carbonyl (C=O) groups is 1. The van der Waals surface area contributed by atoms with Crippen molar-refractivity contribution in [1.82, 2.24) is 5.32 Å². The minimum Gasteiger partial charge on any atom is -0.353 e. The van der Waals surface area contributed by atoms with Crippen molar-refractivity contribution in [3.05, 3.63) is 33.8 Å². The summed E-state index contributed by atoms with van der Waals surface area (Å²) in [5.41, 5.74) is 0.977. The quantitative estimate of drug-likeness (QED) is 0.878. The molecule has 2 rings (SSSR count). The second-order valence-electron chi connectivity index (χ2n) is 5.14. The summed E-state index contributed by atoms with van der Waals surface area (Å²) in [6.45, 7) is 0. The summed E-state index contributed by atoms with van der Waals surface area (Å²) in [7, 11) is 0. The molecule has 0 unspecified atom stereocenters. The van der Waals surface area contributed by atoms with Gasteiger partial charge in [0.15, 0.2) is 0 Å². The van der Waals surface area contributed by atoms with Crippen molar-refractivity contribution in [3.63, 3.8) is 0 Å². The molecule has 0 bridgehead atoms. The van der Waals surface area contributed by atoms with E-state index >= 15 is 0 Å². The number of halogens is 2. The number of hydrogen-bond donors (Lipinski definition) is 1. The average Bonchev–Trinajstić information content (AvgIpc) is 2.39. The first kappa shape index (κ1) is 14.7. The highest BCUT2D eigenvalue weighted by molar-refractivity contribution is 6.35. The van der Waals surface area contributed by atoms with Gasteiger partial charge in [-0.2, -0.15) is 0 Å². The van der Waals surface area contributed by atoms with Crippen molar-refractivity contribution < 1.29 is 4.79 Å². The third-order valence-electron chi connectivity index (χ3n) is 3.61. The number of benzene rings is 1. The van der Waals surface area contributed by atoms with Crippen LogP contribution in [-0.4, -0.2) is 11.9 Å². The lowest BCUT2D eigenvalue weighted by Gasteiger charge is -2.22. The van der Waals surface area contributed by atoms with Gasteiger partial charge in [-0.25, -0.2) is 0 Å². The first-order valence-electron chi connectivity index (χ1n) is 6.88. The normalized spacial score (nSPS) is 16.3. The number of nitrogens with one attached hydrogen (secondary N) is 1. The van der Waals surface area contributed by atoms with Crippen LogP contribution in [0.4, 0.5) is 0 Å². The van der Waals surface area contributed by atoms with E-state index in [1.54, 1.807) is 6.07 Å². The molecule has 0 saturated heterocycles. The number of hydrogen-bond acceptors (Lipinski definition) is 1. The smallest absolute Gasteiger partial charge is 0.220 e. The maximum absolute atomic E-state index is 11.9. The third-order valence-corrected chi connectivity index (χ3v) is 4.19. The summed E-state index contributed by atoms with van der Waals surface area (Å²) in [6.07, 6.45) is 7.14. The van der Waals surface area contributed by atoms with Crippen LogP contribution in [0.3, 0.4) is 0 Å². The van der Waals surface area contributed by atoms with Crippen molar-refractivity contribution in [2.75, 3.05) is 0 Å². The molecule has 1 amide bonds. The van der Waals surface area contributed by atoms with Crippen LogP contribution in [0.5, 0.6) is 0 Å². The van der Waals surface area contributed by atoms with Gasteiger partial charge in [0.2, 0.25) is 5.91 Å². The van der Waals surface area contributed by atoms with Gasteiger partial charge in [-0.15, -0.1) is 0 Å². The molecule has 1 fully saturated rings. The van der Waals surface area contributed by atoms with E-state index in [1.165, 1.54) is 19.3 Å². The molecule has 0 spiro atoms. The van der Waals surface area contributed by atoms with Crippen molar-refractivity contribution in [1.29, 1.82) is 0 Å². The van der Waals surface area contributed by atoms with E-state index in [2.05, 4.69) is 5.32 Å². The summed E-state index contributed by atoms with van der Waals surface area (Å²) in [4.78, 5) is 11.9. The number of aryl methyl sites for hydroxylation is 1. The number of carbonyl (C=O) groups excluding carboxylic acids is 1. The molecule has 1 N–H and O–H groups in total. The molecule has 4 heteroatoms. The summed E-state index contributed by atoms with van der Waals surface area (Å²) in [5, 5.41) is 4.37. The van der Waals surface area contributed by atoms with E-state index in [9.17, 15) is 4.79 Å². The first-order chi connectivity index (χ1) is 9.15. The SMILES string of the molecule is O=C(CCc1ccc(Cl)cc1Cl)NC1CCCCC1. The van der Waals surface area contributed by atoms with E-state index in [1.807, 2.05) is 12.1 Å². The Morgan fingerprint density at radius 3 is 2.63 bits per heavy atom. The summed E-state index contributed by atoms with van der Waals surface area (Å²) in [5.74, 6) is 0.123. The molecule has 1 aromatic rings. The summed E-state index contributed by atoms with van der Waals surface area (Å²) < 4.78 is 0. The monoisotopic (exact) mass is 299 g/mol. The highest BCUT2D eigenvalue weighted by Crippen LogP contribution is 2.22. The van der Waals surface area contributed by atoms with Gasteiger partial charge < -0.3 is 5.32 Å². The van der Waals surface area contributed by atoms with Crippen molar-refractivity contribution in [3.8, 4) is 0 Å². The zero-order valence-corrected chi connectivity index (χ0v) is 12.4. The van der Waals surface area contributed by atoms with Gasteiger partial charge in [-0.3, -0.25) is 4.79 Å². The van der Waals surface area contributed by atoms with Crippen LogP contribution in [0, 0.1) is 0 Å². The maximum atomic E-state index is 11.9. The van der Waals surface area contributed by atoms with E-state index in [-0.39, 0.29) is 5.91 Å². The van der Waals surface area contributed by atoms with E-state index in [4.69, 9.17) is 23.2 Å². The minimum absolute atomic E-state index is 0.123. The van der Waals surface area contributed by atoms with Gasteiger partial charge in [0.05, 0.1) is 0 Å². The number of rotatable bonds is 4. The Bertz CT molecular complexity index is 442. The fraction of sp³-hybridized carbons (Fsp3) is 0.533. The van der Waals surface area contributed by atoms with Crippen molar-refractivity contribution in [2.45, 2.75) is 51.0 Å². The van der Waals surface area contributed by atoms with Crippen molar-refractivity contribution in [2.24, 2.45) is 0 Å². The van der Waals surface area contributed by atoms with Gasteiger partial charge in [0.1, 0.15) is 0 Å². The average molecular weight is 300 g/mol. The molecular weight excluding hydrogens is 281 g/mol. The summed E-state index contributed by atoms with van der Waals surface area (Å²) in [6, 6.07) is 5.79. The Hall–Kier alpha value is -0.730. The van der Waals surface area contributed by atoms with Gasteiger partial charge in [-0.1, -0.05) is 48.5 Å². The maximum Gasteiger partial charge on any atom is 0.220 e. The first-order valence-corrected chi connectivity index (χ1v) is 7.64. The van der Waals surface area contributed by atoms with Crippen LogP contribution in [0.25, 0.3) is 0 Å². The molecule has 0 aliphatic heterocycles. The molecule has 1 aromatic carbocycles. The fourth-order valence-corrected chi connectivity index (χ4v) is 3.02. The highest BCUT2D eigenvalue weighted by atomic mass is 35.5. The van der Waals surface area contributed by atoms with Gasteiger partial charge in [0, 0.05) is 22.5 Å². The van der Waals surface area contributed by atoms with Gasteiger partial charge in [-0.05, 0) is 37.0 Å². The highest BCUT2D eigenvalue weighted by Gasteiger charge is 2.15. The Kier molecular flexibility index (Phi) is 5.53. The molecule has 1 saturated carbocycles. The molecule has 2 nitrogen and oxygen atoms in total. The molecular formula is C15H19Cl2NO. The van der Waals surface area contributed by atoms with Crippen LogP contribution >= 0.6 is 23.2 Å². The van der Waals surface area contributed by atoms with Crippen LogP contribution in [0.2, 0.25) is 10.0 Å². The molecule has 104 valence electrons. The third kappa shape index (κ3) is 4.70.